The van der Waals surface area contributed by atoms with Crippen LogP contribution in [0.25, 0.3) is 21.3 Å². The van der Waals surface area contributed by atoms with Gasteiger partial charge >= 0.3 is 0 Å². The minimum Gasteiger partial charge on any atom is -0.438 e. The summed E-state index contributed by atoms with van der Waals surface area (Å²) in [6.07, 6.45) is 7.38. The number of aliphatic hydroxyl groups is 1. The number of nitrogens with one attached hydrogen (secondary N) is 1. The number of hydrogen-bond acceptors (Lipinski definition) is 9. The molecule has 2 atom stereocenters. The van der Waals surface area contributed by atoms with Crippen molar-refractivity contribution >= 4 is 32.5 Å². The quantitative estimate of drug-likeness (QED) is 0.370. The Labute approximate surface area is 221 Å². The molecule has 2 fully saturated rings. The number of aromatic nitrogens is 3. The van der Waals surface area contributed by atoms with Crippen LogP contribution in [-0.2, 0) is 0 Å². The fourth-order valence-electron chi connectivity index (χ4n) is 5.04. The molecule has 1 saturated heterocycles. The van der Waals surface area contributed by atoms with Crippen molar-refractivity contribution in [2.24, 2.45) is 0 Å². The second kappa shape index (κ2) is 10.6. The minimum absolute atomic E-state index is 0.0670. The minimum atomic E-state index is -0.313. The number of hydrogen-bond donors (Lipinski definition) is 2. The van der Waals surface area contributed by atoms with E-state index in [4.69, 9.17) is 14.7 Å². The molecule has 192 valence electrons. The fraction of sp³-hybridized carbons (Fsp3) is 0.393. The van der Waals surface area contributed by atoms with Crippen molar-refractivity contribution in [3.05, 3.63) is 54.9 Å². The third kappa shape index (κ3) is 5.39. The zero-order chi connectivity index (χ0) is 25.2. The molecule has 1 aliphatic heterocycles. The lowest BCUT2D eigenvalue weighted by Crippen LogP contribution is -2.44. The van der Waals surface area contributed by atoms with Crippen LogP contribution >= 0.6 is 11.3 Å². The van der Waals surface area contributed by atoms with Crippen molar-refractivity contribution in [3.63, 3.8) is 0 Å². The summed E-state index contributed by atoms with van der Waals surface area (Å²) in [5.74, 6) is 2.26. The van der Waals surface area contributed by atoms with E-state index >= 15 is 0 Å². The van der Waals surface area contributed by atoms with E-state index in [0.717, 1.165) is 84.2 Å². The van der Waals surface area contributed by atoms with E-state index in [-0.39, 0.29) is 12.1 Å². The number of likely N-dealkylation sites (N-methyl/N-ethyl adjacent to an activating group) is 1. The Hall–Kier alpha value is -3.27. The van der Waals surface area contributed by atoms with E-state index < -0.39 is 0 Å². The van der Waals surface area contributed by atoms with Gasteiger partial charge in [0.05, 0.1) is 22.4 Å². The van der Waals surface area contributed by atoms with Gasteiger partial charge in [0.1, 0.15) is 11.6 Å². The van der Waals surface area contributed by atoms with Gasteiger partial charge in [-0.3, -0.25) is 0 Å². The Kier molecular flexibility index (Phi) is 6.91. The lowest BCUT2D eigenvalue weighted by molar-refractivity contribution is 0.116. The predicted octanol–water partition coefficient (Wildman–Crippen LogP) is 5.01. The van der Waals surface area contributed by atoms with Gasteiger partial charge in [-0.15, -0.1) is 0 Å². The van der Waals surface area contributed by atoms with Gasteiger partial charge in [-0.05, 0) is 56.3 Å². The molecule has 3 aromatic heterocycles. The summed E-state index contributed by atoms with van der Waals surface area (Å²) in [4.78, 5) is 18.6. The van der Waals surface area contributed by atoms with Crippen molar-refractivity contribution in [2.75, 3.05) is 43.4 Å². The monoisotopic (exact) mass is 516 g/mol. The lowest BCUT2D eigenvalue weighted by atomic mass is 9.93. The van der Waals surface area contributed by atoms with Crippen LogP contribution < -0.4 is 15.0 Å². The summed E-state index contributed by atoms with van der Waals surface area (Å²) in [7, 11) is 2.16. The van der Waals surface area contributed by atoms with Crippen LogP contribution in [0.15, 0.2) is 54.9 Å². The molecule has 1 saturated carbocycles. The summed E-state index contributed by atoms with van der Waals surface area (Å²) in [6, 6.07) is 14.1. The Balaban J connectivity index is 1.19. The van der Waals surface area contributed by atoms with E-state index in [9.17, 15) is 5.11 Å². The van der Waals surface area contributed by atoms with Gasteiger partial charge in [-0.1, -0.05) is 24.2 Å². The maximum absolute atomic E-state index is 10.3. The number of thiazole rings is 1. The topological polar surface area (TPSA) is 86.6 Å². The first kappa shape index (κ1) is 24.1. The first-order valence-electron chi connectivity index (χ1n) is 13.0. The molecule has 9 heteroatoms. The zero-order valence-corrected chi connectivity index (χ0v) is 21.8. The van der Waals surface area contributed by atoms with Gasteiger partial charge in [-0.2, -0.15) is 0 Å². The number of aliphatic hydroxyl groups excluding tert-OH is 1. The number of piperazine rings is 1. The van der Waals surface area contributed by atoms with Crippen LogP contribution in [0.3, 0.4) is 0 Å². The molecule has 6 rings (SSSR count). The van der Waals surface area contributed by atoms with Gasteiger partial charge in [-0.25, -0.2) is 15.0 Å². The number of nitrogens with zero attached hydrogens (tertiary/aromatic N) is 5. The molecule has 2 aliphatic rings. The normalized spacial score (nSPS) is 20.8. The molecule has 8 nitrogen and oxygen atoms in total. The number of pyridine rings is 2. The third-order valence-corrected chi connectivity index (χ3v) is 8.22. The fourth-order valence-corrected chi connectivity index (χ4v) is 6.00. The van der Waals surface area contributed by atoms with Gasteiger partial charge < -0.3 is 25.0 Å². The Bertz CT molecular complexity index is 1350. The van der Waals surface area contributed by atoms with Crippen LogP contribution in [0.2, 0.25) is 0 Å². The summed E-state index contributed by atoms with van der Waals surface area (Å²) in [5, 5.41) is 14.6. The first-order valence-corrected chi connectivity index (χ1v) is 13.8. The van der Waals surface area contributed by atoms with E-state index in [2.05, 4.69) is 39.3 Å². The van der Waals surface area contributed by atoms with Crippen LogP contribution in [0.1, 0.15) is 25.7 Å². The molecule has 0 spiro atoms. The molecule has 0 unspecified atom stereocenters. The zero-order valence-electron chi connectivity index (χ0n) is 21.0. The van der Waals surface area contributed by atoms with Crippen molar-refractivity contribution < 1.29 is 9.84 Å². The Morgan fingerprint density at radius 2 is 1.89 bits per heavy atom. The first-order chi connectivity index (χ1) is 18.1. The maximum atomic E-state index is 10.3. The molecule has 0 amide bonds. The predicted molar refractivity (Wildman–Crippen MR) is 149 cm³/mol. The molecule has 0 radical (unpaired) electrons. The highest BCUT2D eigenvalue weighted by molar-refractivity contribution is 7.22. The van der Waals surface area contributed by atoms with Crippen molar-refractivity contribution in [1.29, 1.82) is 0 Å². The molecule has 4 aromatic rings. The van der Waals surface area contributed by atoms with E-state index in [1.54, 1.807) is 17.5 Å². The second-order valence-electron chi connectivity index (χ2n) is 9.90. The van der Waals surface area contributed by atoms with Crippen LogP contribution in [0.4, 0.5) is 10.9 Å². The molecular formula is C28H32N6O2S. The van der Waals surface area contributed by atoms with Crippen molar-refractivity contribution in [2.45, 2.75) is 37.8 Å². The highest BCUT2D eigenvalue weighted by atomic mass is 32.1. The number of fused-ring (bicyclic) bond motifs is 1. The van der Waals surface area contributed by atoms with Crippen LogP contribution in [-0.4, -0.2) is 70.3 Å². The number of rotatable bonds is 6. The van der Waals surface area contributed by atoms with E-state index in [1.807, 2.05) is 36.5 Å². The highest BCUT2D eigenvalue weighted by Gasteiger charge is 2.24. The second-order valence-corrected chi connectivity index (χ2v) is 10.9. The molecule has 37 heavy (non-hydrogen) atoms. The average molecular weight is 517 g/mol. The smallest absolute Gasteiger partial charge is 0.227 e. The van der Waals surface area contributed by atoms with Crippen molar-refractivity contribution in [3.8, 4) is 22.8 Å². The van der Waals surface area contributed by atoms with Crippen LogP contribution in [0, 0.1) is 0 Å². The molecule has 1 aliphatic carbocycles. The average Bonchev–Trinajstić information content (AvgIpc) is 3.33. The number of benzene rings is 1. The summed E-state index contributed by atoms with van der Waals surface area (Å²) in [5.41, 5.74) is 2.78. The Morgan fingerprint density at radius 1 is 1.03 bits per heavy atom. The summed E-state index contributed by atoms with van der Waals surface area (Å²) in [6.45, 7) is 4.08. The standard InChI is InChI=1S/C28H32N6O2S/c1-33-13-15-34(16-14-33)26-11-8-19(18-30-26)21-5-4-12-29-27(21)36-20-9-10-23-25(17-20)37-28(32-23)31-22-6-2-3-7-24(22)35/h4-5,8-12,17-18,22,24,35H,2-3,6-7,13-16H2,1H3,(H,31,32)/t22-,24-/m1/s1. The highest BCUT2D eigenvalue weighted by Crippen LogP contribution is 2.35. The number of ether oxygens (including phenoxy) is 1. The third-order valence-electron chi connectivity index (χ3n) is 7.27. The van der Waals surface area contributed by atoms with Crippen LogP contribution in [0.5, 0.6) is 11.6 Å². The van der Waals surface area contributed by atoms with E-state index in [0.29, 0.717) is 11.6 Å². The van der Waals surface area contributed by atoms with E-state index in [1.165, 1.54) is 0 Å². The largest absolute Gasteiger partial charge is 0.438 e. The molecule has 4 heterocycles. The summed E-state index contributed by atoms with van der Waals surface area (Å²) < 4.78 is 7.30. The lowest BCUT2D eigenvalue weighted by Gasteiger charge is -2.33. The van der Waals surface area contributed by atoms with Gasteiger partial charge in [0.2, 0.25) is 5.88 Å². The van der Waals surface area contributed by atoms with Gasteiger partial charge in [0.15, 0.2) is 5.13 Å². The van der Waals surface area contributed by atoms with Crippen molar-refractivity contribution in [1.82, 2.24) is 19.9 Å². The number of anilines is 2. The van der Waals surface area contributed by atoms with Gasteiger partial charge in [0, 0.05) is 55.8 Å². The summed E-state index contributed by atoms with van der Waals surface area (Å²) >= 11 is 1.58. The van der Waals surface area contributed by atoms with Gasteiger partial charge in [0.25, 0.3) is 0 Å². The SMILES string of the molecule is CN1CCN(c2ccc(-c3cccnc3Oc3ccc4nc(N[C@@H]5CCCC[C@H]5O)sc4c3)cn2)CC1. The molecule has 1 aromatic carbocycles. The Morgan fingerprint density at radius 3 is 2.70 bits per heavy atom. The molecular weight excluding hydrogens is 484 g/mol. The molecule has 2 N–H and O–H groups in total. The molecule has 0 bridgehead atoms. The maximum Gasteiger partial charge on any atom is 0.227 e.